The van der Waals surface area contributed by atoms with E-state index in [0.717, 1.165) is 11.3 Å². The standard InChI is InChI=1S/C22H12N2O7S/c1-29-18-4-2-3-11-8-15(22(26)31-19(11)18)20-23-16(10-32-20)14-9-12-7-13(24(27)28)5-6-17(12)30-21(14)25/h2-10H,1H3. The van der Waals surface area contributed by atoms with Crippen molar-refractivity contribution in [2.45, 2.75) is 0 Å². The van der Waals surface area contributed by atoms with Crippen LogP contribution in [-0.4, -0.2) is 17.0 Å². The van der Waals surface area contributed by atoms with Crippen LogP contribution in [0.25, 0.3) is 43.8 Å². The third-order valence-corrected chi connectivity index (χ3v) is 5.76. The fourth-order valence-corrected chi connectivity index (χ4v) is 4.17. The van der Waals surface area contributed by atoms with Crippen molar-refractivity contribution in [1.29, 1.82) is 0 Å². The van der Waals surface area contributed by atoms with Crippen LogP contribution in [-0.2, 0) is 0 Å². The average Bonchev–Trinajstić information content (AvgIpc) is 3.27. The van der Waals surface area contributed by atoms with E-state index in [1.54, 1.807) is 29.6 Å². The highest BCUT2D eigenvalue weighted by Crippen LogP contribution is 2.31. The number of fused-ring (bicyclic) bond motifs is 2. The van der Waals surface area contributed by atoms with Crippen LogP contribution in [0.2, 0.25) is 0 Å². The van der Waals surface area contributed by atoms with Gasteiger partial charge in [-0.2, -0.15) is 0 Å². The summed E-state index contributed by atoms with van der Waals surface area (Å²) in [6, 6.07) is 12.3. The number of non-ortho nitro benzene ring substituents is 1. The Hall–Kier alpha value is -4.31. The number of thiazole rings is 1. The molecule has 9 nitrogen and oxygen atoms in total. The van der Waals surface area contributed by atoms with Crippen LogP contribution >= 0.6 is 11.3 Å². The van der Waals surface area contributed by atoms with Crippen molar-refractivity contribution < 1.29 is 18.5 Å². The molecule has 32 heavy (non-hydrogen) atoms. The number of methoxy groups -OCH3 is 1. The van der Waals surface area contributed by atoms with E-state index < -0.39 is 16.2 Å². The molecule has 5 rings (SSSR count). The van der Waals surface area contributed by atoms with Crippen LogP contribution in [0.3, 0.4) is 0 Å². The fraction of sp³-hybridized carbons (Fsp3) is 0.0455. The van der Waals surface area contributed by atoms with Crippen LogP contribution in [0.4, 0.5) is 5.69 Å². The molecule has 158 valence electrons. The lowest BCUT2D eigenvalue weighted by Gasteiger charge is -2.04. The molecule has 0 amide bonds. The summed E-state index contributed by atoms with van der Waals surface area (Å²) in [5.74, 6) is 0.439. The number of aromatic nitrogens is 1. The van der Waals surface area contributed by atoms with Gasteiger partial charge >= 0.3 is 11.3 Å². The Balaban J connectivity index is 1.62. The molecule has 0 aliphatic heterocycles. The van der Waals surface area contributed by atoms with Crippen LogP contribution in [0.1, 0.15) is 0 Å². The number of nitro groups is 1. The van der Waals surface area contributed by atoms with Gasteiger partial charge in [-0.3, -0.25) is 10.1 Å². The molecular weight excluding hydrogens is 436 g/mol. The van der Waals surface area contributed by atoms with Gasteiger partial charge in [0.1, 0.15) is 10.6 Å². The molecule has 0 bridgehead atoms. The smallest absolute Gasteiger partial charge is 0.346 e. The number of nitro benzene ring substituents is 1. The Bertz CT molecular complexity index is 1650. The number of nitrogens with zero attached hydrogens (tertiary/aromatic N) is 2. The summed E-state index contributed by atoms with van der Waals surface area (Å²) in [4.78, 5) is 40.0. The van der Waals surface area contributed by atoms with E-state index in [4.69, 9.17) is 13.6 Å². The van der Waals surface area contributed by atoms with Crippen LogP contribution < -0.4 is 16.0 Å². The summed E-state index contributed by atoms with van der Waals surface area (Å²) in [5.41, 5.74) is -0.142. The summed E-state index contributed by atoms with van der Waals surface area (Å²) in [6.45, 7) is 0. The van der Waals surface area contributed by atoms with Gasteiger partial charge in [0.15, 0.2) is 11.3 Å². The van der Waals surface area contributed by atoms with Gasteiger partial charge in [-0.15, -0.1) is 11.3 Å². The Kier molecular flexibility index (Phi) is 4.56. The molecule has 0 radical (unpaired) electrons. The van der Waals surface area contributed by atoms with E-state index in [-0.39, 0.29) is 28.1 Å². The zero-order valence-corrected chi connectivity index (χ0v) is 17.2. The van der Waals surface area contributed by atoms with Crippen LogP contribution in [0, 0.1) is 10.1 Å². The van der Waals surface area contributed by atoms with Crippen molar-refractivity contribution in [3.05, 3.63) is 84.9 Å². The summed E-state index contributed by atoms with van der Waals surface area (Å²) >= 11 is 1.16. The third kappa shape index (κ3) is 3.22. The first-order valence-electron chi connectivity index (χ1n) is 9.24. The number of benzene rings is 2. The van der Waals surface area contributed by atoms with E-state index in [1.165, 1.54) is 31.4 Å². The Morgan fingerprint density at radius 3 is 2.56 bits per heavy atom. The van der Waals surface area contributed by atoms with Crippen LogP contribution in [0.15, 0.2) is 72.3 Å². The van der Waals surface area contributed by atoms with Crippen molar-refractivity contribution in [1.82, 2.24) is 4.98 Å². The molecular formula is C22H12N2O7S. The molecule has 0 aliphatic rings. The zero-order chi connectivity index (χ0) is 22.4. The highest BCUT2D eigenvalue weighted by Gasteiger charge is 2.17. The van der Waals surface area contributed by atoms with Gasteiger partial charge in [0, 0.05) is 28.3 Å². The van der Waals surface area contributed by atoms with Gasteiger partial charge < -0.3 is 13.6 Å². The van der Waals surface area contributed by atoms with E-state index in [1.807, 2.05) is 0 Å². The lowest BCUT2D eigenvalue weighted by atomic mass is 10.1. The van der Waals surface area contributed by atoms with E-state index >= 15 is 0 Å². The lowest BCUT2D eigenvalue weighted by Crippen LogP contribution is -2.04. The predicted molar refractivity (Wildman–Crippen MR) is 118 cm³/mol. The zero-order valence-electron chi connectivity index (χ0n) is 16.4. The van der Waals surface area contributed by atoms with Gasteiger partial charge in [-0.05, 0) is 24.3 Å². The molecule has 3 heterocycles. The van der Waals surface area contributed by atoms with Gasteiger partial charge in [0.2, 0.25) is 0 Å². The first kappa shape index (κ1) is 19.6. The predicted octanol–water partition coefficient (Wildman–Crippen LogP) is 4.61. The molecule has 5 aromatic rings. The van der Waals surface area contributed by atoms with E-state index in [9.17, 15) is 19.7 Å². The largest absolute Gasteiger partial charge is 0.493 e. The van der Waals surface area contributed by atoms with Gasteiger partial charge in [0.25, 0.3) is 5.69 Å². The van der Waals surface area contributed by atoms with Crippen molar-refractivity contribution in [3.8, 4) is 27.6 Å². The highest BCUT2D eigenvalue weighted by atomic mass is 32.1. The Morgan fingerprint density at radius 1 is 1.00 bits per heavy atom. The molecule has 10 heteroatoms. The molecule has 3 aromatic heterocycles. The molecule has 0 fully saturated rings. The van der Waals surface area contributed by atoms with Crippen LogP contribution in [0.5, 0.6) is 5.75 Å². The second kappa shape index (κ2) is 7.43. The van der Waals surface area contributed by atoms with Crippen molar-refractivity contribution >= 4 is 39.0 Å². The normalized spacial score (nSPS) is 11.2. The maximum absolute atomic E-state index is 12.6. The molecule has 0 saturated carbocycles. The quantitative estimate of drug-likeness (QED) is 0.222. The molecule has 0 N–H and O–H groups in total. The summed E-state index contributed by atoms with van der Waals surface area (Å²) in [5, 5.41) is 14.1. The SMILES string of the molecule is COc1cccc2cc(-c3nc(-c4cc5cc([N+](=O)[O-])ccc5oc4=O)cs3)c(=O)oc12. The Labute approximate surface area is 182 Å². The molecule has 0 unspecified atom stereocenters. The topological polar surface area (TPSA) is 126 Å². The average molecular weight is 448 g/mol. The molecule has 0 aliphatic carbocycles. The summed E-state index contributed by atoms with van der Waals surface area (Å²) < 4.78 is 16.0. The first-order chi connectivity index (χ1) is 15.4. The molecule has 0 atom stereocenters. The fourth-order valence-electron chi connectivity index (χ4n) is 3.35. The minimum atomic E-state index is -0.640. The third-order valence-electron chi connectivity index (χ3n) is 4.88. The van der Waals surface area contributed by atoms with E-state index in [0.29, 0.717) is 27.1 Å². The number of hydrogen-bond donors (Lipinski definition) is 0. The molecule has 0 spiro atoms. The van der Waals surface area contributed by atoms with Crippen molar-refractivity contribution in [3.63, 3.8) is 0 Å². The van der Waals surface area contributed by atoms with Gasteiger partial charge in [0.05, 0.1) is 28.9 Å². The van der Waals surface area contributed by atoms with Crippen molar-refractivity contribution in [2.75, 3.05) is 7.11 Å². The number of ether oxygens (including phenoxy) is 1. The first-order valence-corrected chi connectivity index (χ1v) is 10.1. The molecule has 0 saturated heterocycles. The molecule has 2 aromatic carbocycles. The van der Waals surface area contributed by atoms with E-state index in [2.05, 4.69) is 4.98 Å². The number of rotatable bonds is 4. The summed E-state index contributed by atoms with van der Waals surface area (Å²) in [7, 11) is 1.49. The minimum Gasteiger partial charge on any atom is -0.493 e. The van der Waals surface area contributed by atoms with Gasteiger partial charge in [-0.1, -0.05) is 12.1 Å². The maximum atomic E-state index is 12.6. The maximum Gasteiger partial charge on any atom is 0.346 e. The summed E-state index contributed by atoms with van der Waals surface area (Å²) in [6.07, 6.45) is 0. The Morgan fingerprint density at radius 2 is 1.78 bits per heavy atom. The minimum absolute atomic E-state index is 0.125. The highest BCUT2D eigenvalue weighted by molar-refractivity contribution is 7.13. The monoisotopic (exact) mass is 448 g/mol. The number of para-hydroxylation sites is 1. The number of hydrogen-bond acceptors (Lipinski definition) is 9. The van der Waals surface area contributed by atoms with Crippen molar-refractivity contribution in [2.24, 2.45) is 0 Å². The second-order valence-corrected chi connectivity index (χ2v) is 7.65. The van der Waals surface area contributed by atoms with Gasteiger partial charge in [-0.25, -0.2) is 14.6 Å². The lowest BCUT2D eigenvalue weighted by molar-refractivity contribution is -0.384. The second-order valence-electron chi connectivity index (χ2n) is 6.79.